The van der Waals surface area contributed by atoms with Gasteiger partial charge in [-0.1, -0.05) is 68.1 Å². The second-order valence-electron chi connectivity index (χ2n) is 6.96. The van der Waals surface area contributed by atoms with Crippen LogP contribution in [-0.2, 0) is 11.2 Å². The Balaban J connectivity index is 1.58. The fraction of sp³-hybridized carbons (Fsp3) is 0.273. The molecule has 6 nitrogen and oxygen atoms in total. The van der Waals surface area contributed by atoms with E-state index in [1.165, 1.54) is 17.3 Å². The zero-order valence-corrected chi connectivity index (χ0v) is 17.3. The highest BCUT2D eigenvalue weighted by molar-refractivity contribution is 7.99. The molecule has 1 heterocycles. The summed E-state index contributed by atoms with van der Waals surface area (Å²) in [6.45, 7) is 4.31. The van der Waals surface area contributed by atoms with Crippen molar-refractivity contribution >= 4 is 17.7 Å². The zero-order chi connectivity index (χ0) is 20.6. The first-order valence-electron chi connectivity index (χ1n) is 9.43. The largest absolute Gasteiger partial charge is 0.339 e. The molecule has 0 saturated heterocycles. The number of carbonyl (C=O) groups is 1. The lowest BCUT2D eigenvalue weighted by Gasteiger charge is -2.12. The first kappa shape index (κ1) is 20.6. The van der Waals surface area contributed by atoms with E-state index >= 15 is 0 Å². The van der Waals surface area contributed by atoms with Crippen LogP contribution in [0.5, 0.6) is 0 Å². The molecule has 3 rings (SSSR count). The molecule has 148 valence electrons. The number of nitrogens with zero attached hydrogens (tertiary/aromatic N) is 4. The van der Waals surface area contributed by atoms with Crippen LogP contribution >= 0.6 is 11.8 Å². The van der Waals surface area contributed by atoms with Gasteiger partial charge in [0, 0.05) is 12.1 Å². The molecule has 0 radical (unpaired) electrons. The normalized spacial score (nSPS) is 11.8. The number of benzene rings is 2. The topological polar surface area (TPSA) is 83.6 Å². The van der Waals surface area contributed by atoms with Gasteiger partial charge in [0.25, 0.3) is 0 Å². The molecular formula is C22H23N5OS. The number of hydrogen-bond acceptors (Lipinski definition) is 5. The smallest absolute Gasteiger partial charge is 0.231 e. The average Bonchev–Trinajstić information content (AvgIpc) is 3.21. The first-order valence-corrected chi connectivity index (χ1v) is 10.4. The van der Waals surface area contributed by atoms with Crippen molar-refractivity contribution in [2.45, 2.75) is 37.4 Å². The van der Waals surface area contributed by atoms with Gasteiger partial charge < -0.3 is 5.32 Å². The minimum atomic E-state index is -0.563. The van der Waals surface area contributed by atoms with Crippen molar-refractivity contribution in [2.75, 3.05) is 5.75 Å². The molecular weight excluding hydrogens is 382 g/mol. The molecule has 1 amide bonds. The van der Waals surface area contributed by atoms with E-state index in [9.17, 15) is 10.1 Å². The van der Waals surface area contributed by atoms with Crippen molar-refractivity contribution in [3.63, 3.8) is 0 Å². The lowest BCUT2D eigenvalue weighted by Crippen LogP contribution is -2.36. The number of thioether (sulfide) groups is 1. The Labute approximate surface area is 175 Å². The van der Waals surface area contributed by atoms with Gasteiger partial charge in [-0.25, -0.2) is 0 Å². The second-order valence-corrected chi connectivity index (χ2v) is 7.90. The van der Waals surface area contributed by atoms with Crippen LogP contribution in [0.15, 0.2) is 66.1 Å². The molecule has 29 heavy (non-hydrogen) atoms. The van der Waals surface area contributed by atoms with E-state index in [0.717, 1.165) is 11.3 Å². The molecule has 0 aliphatic rings. The van der Waals surface area contributed by atoms with Crippen LogP contribution in [0.3, 0.4) is 0 Å². The lowest BCUT2D eigenvalue weighted by atomic mass is 10.0. The maximum atomic E-state index is 12.3. The Bertz CT molecular complexity index is 976. The standard InChI is InChI=1S/C22H23N5OS/c1-16(2)18-8-10-20(11-9-18)27-15-24-26-22(27)29-14-21(28)25-19(13-23)12-17-6-4-3-5-7-17/h3-11,15-16,19H,12,14H2,1-2H3,(H,25,28)/t19-/m0/s1. The molecule has 0 fully saturated rings. The van der Waals surface area contributed by atoms with E-state index in [0.29, 0.717) is 17.5 Å². The molecule has 0 aliphatic carbocycles. The van der Waals surface area contributed by atoms with Crippen LogP contribution in [0.4, 0.5) is 0 Å². The van der Waals surface area contributed by atoms with Gasteiger partial charge in [0.1, 0.15) is 12.4 Å². The third kappa shape index (κ3) is 5.69. The monoisotopic (exact) mass is 405 g/mol. The molecule has 1 N–H and O–H groups in total. The van der Waals surface area contributed by atoms with Crippen LogP contribution in [0.1, 0.15) is 30.9 Å². The minimum absolute atomic E-state index is 0.162. The third-order valence-electron chi connectivity index (χ3n) is 4.46. The average molecular weight is 406 g/mol. The van der Waals surface area contributed by atoms with E-state index in [-0.39, 0.29) is 11.7 Å². The van der Waals surface area contributed by atoms with Gasteiger partial charge in [0.05, 0.1) is 11.8 Å². The highest BCUT2D eigenvalue weighted by Crippen LogP contribution is 2.21. The van der Waals surface area contributed by atoms with E-state index in [2.05, 4.69) is 47.6 Å². The molecule has 0 bridgehead atoms. The van der Waals surface area contributed by atoms with Crippen molar-refractivity contribution in [3.05, 3.63) is 72.1 Å². The van der Waals surface area contributed by atoms with Crippen molar-refractivity contribution in [1.29, 1.82) is 5.26 Å². The SMILES string of the molecule is CC(C)c1ccc(-n2cnnc2SCC(=O)N[C@H](C#N)Cc2ccccc2)cc1. The molecule has 2 aromatic carbocycles. The molecule has 3 aromatic rings. The van der Waals surface area contributed by atoms with Crippen molar-refractivity contribution in [2.24, 2.45) is 0 Å². The first-order chi connectivity index (χ1) is 14.1. The van der Waals surface area contributed by atoms with E-state index in [4.69, 9.17) is 0 Å². The molecule has 1 atom stereocenters. The summed E-state index contributed by atoms with van der Waals surface area (Å²) >= 11 is 1.29. The molecule has 0 aliphatic heterocycles. The molecule has 1 aromatic heterocycles. The van der Waals surface area contributed by atoms with Gasteiger partial charge in [-0.15, -0.1) is 10.2 Å². The van der Waals surface area contributed by atoms with Crippen LogP contribution in [0.25, 0.3) is 5.69 Å². The van der Waals surface area contributed by atoms with Crippen LogP contribution in [0, 0.1) is 11.3 Å². The Morgan fingerprint density at radius 1 is 1.17 bits per heavy atom. The molecule has 7 heteroatoms. The maximum Gasteiger partial charge on any atom is 0.231 e. The molecule has 0 saturated carbocycles. The summed E-state index contributed by atoms with van der Waals surface area (Å²) in [4.78, 5) is 12.3. The van der Waals surface area contributed by atoms with Crippen LogP contribution in [0.2, 0.25) is 0 Å². The Hall–Kier alpha value is -3.11. The number of amides is 1. The lowest BCUT2D eigenvalue weighted by molar-refractivity contribution is -0.118. The number of nitriles is 1. The Morgan fingerprint density at radius 3 is 2.55 bits per heavy atom. The summed E-state index contributed by atoms with van der Waals surface area (Å²) in [5.41, 5.74) is 3.22. The highest BCUT2D eigenvalue weighted by Gasteiger charge is 2.15. The molecule has 0 spiro atoms. The van der Waals surface area contributed by atoms with Crippen LogP contribution < -0.4 is 5.32 Å². The van der Waals surface area contributed by atoms with E-state index < -0.39 is 6.04 Å². The second kappa shape index (κ2) is 9.89. The predicted octanol–water partition coefficient (Wildman–Crippen LogP) is 3.73. The predicted molar refractivity (Wildman–Crippen MR) is 114 cm³/mol. The van der Waals surface area contributed by atoms with Gasteiger partial charge in [0.2, 0.25) is 5.91 Å². The maximum absolute atomic E-state index is 12.3. The van der Waals surface area contributed by atoms with Gasteiger partial charge in [-0.2, -0.15) is 5.26 Å². The zero-order valence-electron chi connectivity index (χ0n) is 16.4. The fourth-order valence-electron chi connectivity index (χ4n) is 2.86. The number of rotatable bonds is 8. The van der Waals surface area contributed by atoms with Gasteiger partial charge in [-0.05, 0) is 29.2 Å². The number of hydrogen-bond donors (Lipinski definition) is 1. The fourth-order valence-corrected chi connectivity index (χ4v) is 3.60. The summed E-state index contributed by atoms with van der Waals surface area (Å²) in [6.07, 6.45) is 2.12. The Morgan fingerprint density at radius 2 is 1.90 bits per heavy atom. The number of aromatic nitrogens is 3. The van der Waals surface area contributed by atoms with E-state index in [1.807, 2.05) is 47.0 Å². The van der Waals surface area contributed by atoms with Gasteiger partial charge in [-0.3, -0.25) is 9.36 Å². The summed E-state index contributed by atoms with van der Waals surface area (Å²) in [7, 11) is 0. The minimum Gasteiger partial charge on any atom is -0.339 e. The highest BCUT2D eigenvalue weighted by atomic mass is 32.2. The summed E-state index contributed by atoms with van der Waals surface area (Å²) in [5, 5.41) is 20.9. The quantitative estimate of drug-likeness (QED) is 0.577. The van der Waals surface area contributed by atoms with Gasteiger partial charge in [0.15, 0.2) is 5.16 Å². The van der Waals surface area contributed by atoms with E-state index in [1.54, 1.807) is 6.33 Å². The summed E-state index contributed by atoms with van der Waals surface area (Å²) in [6, 6.07) is 19.5. The summed E-state index contributed by atoms with van der Waals surface area (Å²) < 4.78 is 1.85. The summed E-state index contributed by atoms with van der Waals surface area (Å²) in [5.74, 6) is 0.420. The number of carbonyl (C=O) groups excluding carboxylic acids is 1. The van der Waals surface area contributed by atoms with Crippen LogP contribution in [-0.4, -0.2) is 32.5 Å². The van der Waals surface area contributed by atoms with Crippen molar-refractivity contribution in [3.8, 4) is 11.8 Å². The van der Waals surface area contributed by atoms with Crippen molar-refractivity contribution in [1.82, 2.24) is 20.1 Å². The number of nitrogens with one attached hydrogen (secondary N) is 1. The van der Waals surface area contributed by atoms with Gasteiger partial charge >= 0.3 is 0 Å². The Kier molecular flexibility index (Phi) is 7.04. The molecule has 0 unspecified atom stereocenters. The third-order valence-corrected chi connectivity index (χ3v) is 5.40. The van der Waals surface area contributed by atoms with Crippen molar-refractivity contribution < 1.29 is 4.79 Å².